The number of para-hydroxylation sites is 3. The van der Waals surface area contributed by atoms with Crippen LogP contribution in [0.4, 0.5) is 5.69 Å². The summed E-state index contributed by atoms with van der Waals surface area (Å²) in [5.74, 6) is 0. The molecular weight excluding hydrogens is 717 g/mol. The lowest BCUT2D eigenvalue weighted by Gasteiger charge is -2.24. The Morgan fingerprint density at radius 1 is 0.492 bits per heavy atom. The number of nitrogens with zero attached hydrogens (tertiary/aromatic N) is 3. The highest BCUT2D eigenvalue weighted by Crippen LogP contribution is 2.41. The average Bonchev–Trinajstić information content (AvgIpc) is 3.65. The molecule has 0 radical (unpaired) electrons. The summed E-state index contributed by atoms with van der Waals surface area (Å²) in [7, 11) is 0. The van der Waals surface area contributed by atoms with Crippen molar-refractivity contribution >= 4 is 66.1 Å². The number of hydrogen-bond donors (Lipinski definition) is 1. The fourth-order valence-corrected chi connectivity index (χ4v) is 9.19. The molecule has 0 fully saturated rings. The van der Waals surface area contributed by atoms with Gasteiger partial charge in [0, 0.05) is 49.1 Å². The molecule has 4 nitrogen and oxygen atoms in total. The number of benzene rings is 8. The van der Waals surface area contributed by atoms with Crippen LogP contribution in [0.15, 0.2) is 200 Å². The summed E-state index contributed by atoms with van der Waals surface area (Å²) in [5.41, 5.74) is 15.4. The highest BCUT2D eigenvalue weighted by atomic mass is 15.0. The molecule has 1 N–H and O–H groups in total. The third kappa shape index (κ3) is 5.45. The van der Waals surface area contributed by atoms with Crippen LogP contribution >= 0.6 is 0 Å². The van der Waals surface area contributed by atoms with Crippen LogP contribution in [0.3, 0.4) is 0 Å². The topological polar surface area (TPSA) is 42.7 Å². The molecule has 1 aliphatic heterocycles. The molecule has 0 saturated carbocycles. The maximum absolute atomic E-state index is 5.33. The van der Waals surface area contributed by atoms with Crippen LogP contribution in [0.2, 0.25) is 0 Å². The number of hydrogen-bond acceptors (Lipinski definition) is 3. The molecule has 8 aromatic carbocycles. The molecule has 4 heteroatoms. The maximum atomic E-state index is 5.33. The lowest BCUT2D eigenvalue weighted by atomic mass is 9.92. The molecule has 12 rings (SSSR count). The van der Waals surface area contributed by atoms with Crippen LogP contribution in [-0.4, -0.2) is 14.5 Å². The number of rotatable bonds is 5. The van der Waals surface area contributed by atoms with Crippen molar-refractivity contribution in [2.75, 3.05) is 5.32 Å². The molecule has 0 amide bonds. The zero-order valence-electron chi connectivity index (χ0n) is 32.0. The Balaban J connectivity index is 0.939. The molecule has 11 aromatic rings. The molecule has 276 valence electrons. The Bertz CT molecular complexity index is 3420. The van der Waals surface area contributed by atoms with E-state index in [-0.39, 0.29) is 6.04 Å². The van der Waals surface area contributed by atoms with Gasteiger partial charge in [0.1, 0.15) is 0 Å². The number of nitrogens with one attached hydrogen (secondary N) is 1. The number of pyridine rings is 2. The lowest BCUT2D eigenvalue weighted by molar-refractivity contribution is 0.981. The monoisotopic (exact) mass is 752 g/mol. The van der Waals surface area contributed by atoms with E-state index in [2.05, 4.69) is 210 Å². The van der Waals surface area contributed by atoms with E-state index in [4.69, 9.17) is 9.97 Å². The van der Waals surface area contributed by atoms with Crippen molar-refractivity contribution in [3.05, 3.63) is 211 Å². The van der Waals surface area contributed by atoms with Crippen molar-refractivity contribution in [2.24, 2.45) is 0 Å². The highest BCUT2D eigenvalue weighted by molar-refractivity contribution is 6.17. The minimum atomic E-state index is -0.000875. The third-order valence-electron chi connectivity index (χ3n) is 12.0. The fourth-order valence-electron chi connectivity index (χ4n) is 9.19. The zero-order valence-corrected chi connectivity index (χ0v) is 32.0. The number of anilines is 1. The Labute approximate surface area is 341 Å². The van der Waals surface area contributed by atoms with Crippen LogP contribution in [0.5, 0.6) is 0 Å². The largest absolute Gasteiger partial charge is 0.372 e. The smallest absolute Gasteiger partial charge is 0.0947 e. The molecular formula is C55H36N4. The predicted molar refractivity (Wildman–Crippen MR) is 247 cm³/mol. The molecule has 1 aliphatic rings. The Morgan fingerprint density at radius 2 is 1.17 bits per heavy atom. The molecule has 4 heterocycles. The molecule has 3 aromatic heterocycles. The Kier molecular flexibility index (Phi) is 7.57. The first kappa shape index (κ1) is 33.3. The van der Waals surface area contributed by atoms with E-state index in [0.29, 0.717) is 0 Å². The lowest BCUT2D eigenvalue weighted by Crippen LogP contribution is -2.13. The van der Waals surface area contributed by atoms with Crippen molar-refractivity contribution in [1.29, 1.82) is 0 Å². The average molecular weight is 753 g/mol. The van der Waals surface area contributed by atoms with E-state index in [1.807, 2.05) is 6.07 Å². The van der Waals surface area contributed by atoms with Crippen LogP contribution in [-0.2, 0) is 0 Å². The van der Waals surface area contributed by atoms with Crippen LogP contribution in [0, 0.1) is 0 Å². The SMILES string of the molecule is C1=CC(c2ccc(-c3nc4ccccc4c4c(-c5cccc(-n6c7ccccc7c7ccccc76)c5)cccc34)cc2)Nc2c1ccc1ccc(-c3ccccc3)nc21. The Morgan fingerprint density at radius 3 is 1.98 bits per heavy atom. The summed E-state index contributed by atoms with van der Waals surface area (Å²) >= 11 is 0. The second kappa shape index (κ2) is 13.4. The van der Waals surface area contributed by atoms with E-state index < -0.39 is 0 Å². The van der Waals surface area contributed by atoms with E-state index in [9.17, 15) is 0 Å². The summed E-state index contributed by atoms with van der Waals surface area (Å²) < 4.78 is 2.39. The quantitative estimate of drug-likeness (QED) is 0.178. The first-order valence-corrected chi connectivity index (χ1v) is 20.2. The van der Waals surface area contributed by atoms with E-state index >= 15 is 0 Å². The van der Waals surface area contributed by atoms with Gasteiger partial charge >= 0.3 is 0 Å². The minimum absolute atomic E-state index is 0.000875. The van der Waals surface area contributed by atoms with Gasteiger partial charge in [-0.1, -0.05) is 170 Å². The van der Waals surface area contributed by atoms with Gasteiger partial charge in [-0.25, -0.2) is 9.97 Å². The van der Waals surface area contributed by atoms with Gasteiger partial charge in [-0.05, 0) is 58.7 Å². The van der Waals surface area contributed by atoms with Crippen LogP contribution < -0.4 is 5.32 Å². The normalized spacial score (nSPS) is 13.7. The predicted octanol–water partition coefficient (Wildman–Crippen LogP) is 14.2. The van der Waals surface area contributed by atoms with E-state index in [1.165, 1.54) is 43.9 Å². The summed E-state index contributed by atoms with van der Waals surface area (Å²) in [6, 6.07) is 69.5. The summed E-state index contributed by atoms with van der Waals surface area (Å²) in [4.78, 5) is 10.5. The highest BCUT2D eigenvalue weighted by Gasteiger charge is 2.20. The van der Waals surface area contributed by atoms with Gasteiger partial charge in [0.05, 0.1) is 45.2 Å². The summed E-state index contributed by atoms with van der Waals surface area (Å²) in [5, 5.41) is 11.0. The van der Waals surface area contributed by atoms with Crippen LogP contribution in [0.1, 0.15) is 17.2 Å². The standard InChI is InChI=1S/C55H36N4/c1-2-12-35(13-3-1)47-32-30-38-28-29-39-31-33-48(57-55(39)54(38)56-47)36-24-26-37(27-25-36)53-46-20-11-19-42(52(46)45-18-4-7-21-49(45)58-53)40-14-10-15-41(34-40)59-50-22-8-5-16-43(50)44-17-6-9-23-51(44)59/h1-34,48,57H. The summed E-state index contributed by atoms with van der Waals surface area (Å²) in [6.45, 7) is 0. The minimum Gasteiger partial charge on any atom is -0.372 e. The molecule has 1 unspecified atom stereocenters. The van der Waals surface area contributed by atoms with Crippen molar-refractivity contribution in [3.8, 4) is 39.3 Å². The van der Waals surface area contributed by atoms with Crippen molar-refractivity contribution in [2.45, 2.75) is 6.04 Å². The zero-order chi connectivity index (χ0) is 38.9. The van der Waals surface area contributed by atoms with Crippen molar-refractivity contribution < 1.29 is 0 Å². The first-order valence-electron chi connectivity index (χ1n) is 20.2. The van der Waals surface area contributed by atoms with Crippen molar-refractivity contribution in [3.63, 3.8) is 0 Å². The van der Waals surface area contributed by atoms with E-state index in [0.717, 1.165) is 66.6 Å². The second-order valence-electron chi connectivity index (χ2n) is 15.4. The van der Waals surface area contributed by atoms with Gasteiger partial charge < -0.3 is 9.88 Å². The van der Waals surface area contributed by atoms with Gasteiger partial charge in [-0.2, -0.15) is 0 Å². The second-order valence-corrected chi connectivity index (χ2v) is 15.4. The van der Waals surface area contributed by atoms with Gasteiger partial charge in [0.2, 0.25) is 0 Å². The van der Waals surface area contributed by atoms with Crippen LogP contribution in [0.25, 0.3) is 99.8 Å². The molecule has 59 heavy (non-hydrogen) atoms. The third-order valence-corrected chi connectivity index (χ3v) is 12.0. The number of fused-ring (bicyclic) bond motifs is 9. The van der Waals surface area contributed by atoms with Gasteiger partial charge in [0.25, 0.3) is 0 Å². The maximum Gasteiger partial charge on any atom is 0.0947 e. The van der Waals surface area contributed by atoms with Gasteiger partial charge in [0.15, 0.2) is 0 Å². The first-order chi connectivity index (χ1) is 29.2. The molecule has 0 bridgehead atoms. The summed E-state index contributed by atoms with van der Waals surface area (Å²) in [6.07, 6.45) is 4.46. The van der Waals surface area contributed by atoms with Gasteiger partial charge in [-0.15, -0.1) is 0 Å². The fraction of sp³-hybridized carbons (Fsp3) is 0.0182. The Hall–Kier alpha value is -7.82. The van der Waals surface area contributed by atoms with Crippen molar-refractivity contribution in [1.82, 2.24) is 14.5 Å². The number of aromatic nitrogens is 3. The molecule has 0 spiro atoms. The molecule has 0 saturated heterocycles. The molecule has 1 atom stereocenters. The van der Waals surface area contributed by atoms with Gasteiger partial charge in [-0.3, -0.25) is 0 Å². The van der Waals surface area contributed by atoms with E-state index in [1.54, 1.807) is 0 Å². The molecule has 0 aliphatic carbocycles.